The van der Waals surface area contributed by atoms with Gasteiger partial charge in [-0.1, -0.05) is 56.7 Å². The van der Waals surface area contributed by atoms with Crippen LogP contribution in [0.4, 0.5) is 0 Å². The quantitative estimate of drug-likeness (QED) is 0.767. The van der Waals surface area contributed by atoms with E-state index in [9.17, 15) is 0 Å². The lowest BCUT2D eigenvalue weighted by Gasteiger charge is -2.43. The van der Waals surface area contributed by atoms with Crippen molar-refractivity contribution < 1.29 is 9.47 Å². The minimum Gasteiger partial charge on any atom is -0.346 e. The molecule has 0 radical (unpaired) electrons. The Balaban J connectivity index is 1.90. The molecule has 22 heavy (non-hydrogen) atoms. The van der Waals surface area contributed by atoms with Crippen molar-refractivity contribution in [3.63, 3.8) is 0 Å². The van der Waals surface area contributed by atoms with Gasteiger partial charge in [-0.15, -0.1) is 0 Å². The second-order valence-corrected chi connectivity index (χ2v) is 6.43. The minimum atomic E-state index is -0.629. The average Bonchev–Trinajstić information content (AvgIpc) is 2.55. The van der Waals surface area contributed by atoms with Gasteiger partial charge in [-0.05, 0) is 36.6 Å². The minimum absolute atomic E-state index is 0.292. The Kier molecular flexibility index (Phi) is 4.51. The van der Waals surface area contributed by atoms with Gasteiger partial charge in [0.2, 0.25) is 0 Å². The number of hydrogen-bond acceptors (Lipinski definition) is 2. The highest BCUT2D eigenvalue weighted by atomic mass is 16.7. The SMILES string of the molecule is CCCC1OC(C)(c2ccc3ccccc3c2)OCC1CC. The lowest BCUT2D eigenvalue weighted by Crippen LogP contribution is -2.45. The van der Waals surface area contributed by atoms with E-state index in [0.29, 0.717) is 12.0 Å². The van der Waals surface area contributed by atoms with Crippen LogP contribution < -0.4 is 0 Å². The van der Waals surface area contributed by atoms with Crippen molar-refractivity contribution in [2.45, 2.75) is 51.9 Å². The summed E-state index contributed by atoms with van der Waals surface area (Å²) in [6.07, 6.45) is 3.65. The molecule has 2 heteroatoms. The molecule has 2 aromatic carbocycles. The van der Waals surface area contributed by atoms with Crippen LogP contribution in [-0.4, -0.2) is 12.7 Å². The Morgan fingerprint density at radius 3 is 2.59 bits per heavy atom. The monoisotopic (exact) mass is 298 g/mol. The second kappa shape index (κ2) is 6.39. The molecule has 1 saturated heterocycles. The van der Waals surface area contributed by atoms with Crippen LogP contribution in [-0.2, 0) is 15.3 Å². The normalized spacial score (nSPS) is 28.9. The first-order chi connectivity index (χ1) is 10.7. The van der Waals surface area contributed by atoms with Crippen LogP contribution in [0, 0.1) is 5.92 Å². The number of ether oxygens (including phenoxy) is 2. The zero-order valence-corrected chi connectivity index (χ0v) is 13.8. The molecule has 2 nitrogen and oxygen atoms in total. The van der Waals surface area contributed by atoms with Crippen molar-refractivity contribution in [2.24, 2.45) is 5.92 Å². The first-order valence-electron chi connectivity index (χ1n) is 8.47. The van der Waals surface area contributed by atoms with Gasteiger partial charge in [0, 0.05) is 11.5 Å². The fraction of sp³-hybridized carbons (Fsp3) is 0.500. The Morgan fingerprint density at radius 2 is 1.86 bits per heavy atom. The first-order valence-corrected chi connectivity index (χ1v) is 8.47. The summed E-state index contributed by atoms with van der Waals surface area (Å²) in [6, 6.07) is 14.9. The Bertz CT molecular complexity index is 636. The molecule has 3 rings (SSSR count). The van der Waals surface area contributed by atoms with E-state index >= 15 is 0 Å². The molecule has 1 fully saturated rings. The molecule has 1 heterocycles. The molecule has 2 aromatic rings. The first kappa shape index (κ1) is 15.5. The fourth-order valence-electron chi connectivity index (χ4n) is 3.38. The molecule has 118 valence electrons. The summed E-state index contributed by atoms with van der Waals surface area (Å²) in [7, 11) is 0. The molecule has 3 unspecified atom stereocenters. The molecule has 1 aliphatic heterocycles. The van der Waals surface area contributed by atoms with Crippen LogP contribution in [0.25, 0.3) is 10.8 Å². The highest BCUT2D eigenvalue weighted by molar-refractivity contribution is 5.83. The van der Waals surface area contributed by atoms with Crippen LogP contribution in [0.15, 0.2) is 42.5 Å². The van der Waals surface area contributed by atoms with Gasteiger partial charge in [0.1, 0.15) is 0 Å². The van der Waals surface area contributed by atoms with E-state index in [4.69, 9.17) is 9.47 Å². The van der Waals surface area contributed by atoms with Crippen LogP contribution >= 0.6 is 0 Å². The van der Waals surface area contributed by atoms with Gasteiger partial charge in [-0.2, -0.15) is 0 Å². The summed E-state index contributed by atoms with van der Waals surface area (Å²) >= 11 is 0. The summed E-state index contributed by atoms with van der Waals surface area (Å²) in [5.41, 5.74) is 1.11. The van der Waals surface area contributed by atoms with Crippen LogP contribution in [0.1, 0.15) is 45.6 Å². The molecule has 3 atom stereocenters. The second-order valence-electron chi connectivity index (χ2n) is 6.43. The van der Waals surface area contributed by atoms with Crippen molar-refractivity contribution in [3.8, 4) is 0 Å². The van der Waals surface area contributed by atoms with E-state index in [1.54, 1.807) is 0 Å². The highest BCUT2D eigenvalue weighted by Gasteiger charge is 2.39. The molecule has 0 saturated carbocycles. The van der Waals surface area contributed by atoms with Gasteiger partial charge < -0.3 is 9.47 Å². The number of fused-ring (bicyclic) bond motifs is 1. The van der Waals surface area contributed by atoms with Crippen molar-refractivity contribution in [1.82, 2.24) is 0 Å². The van der Waals surface area contributed by atoms with Gasteiger partial charge in [-0.3, -0.25) is 0 Å². The Morgan fingerprint density at radius 1 is 1.09 bits per heavy atom. The van der Waals surface area contributed by atoms with Gasteiger partial charge in [0.25, 0.3) is 0 Å². The summed E-state index contributed by atoms with van der Waals surface area (Å²) in [6.45, 7) is 7.29. The molecule has 0 aliphatic carbocycles. The van der Waals surface area contributed by atoms with Gasteiger partial charge >= 0.3 is 0 Å². The largest absolute Gasteiger partial charge is 0.346 e. The standard InChI is InChI=1S/C20H26O2/c1-4-8-19-15(5-2)14-21-20(3,22-19)18-12-11-16-9-6-7-10-17(16)13-18/h6-7,9-13,15,19H,4-5,8,14H2,1-3H3. The number of rotatable bonds is 4. The maximum absolute atomic E-state index is 6.43. The maximum atomic E-state index is 6.43. The summed E-state index contributed by atoms with van der Waals surface area (Å²) in [4.78, 5) is 0. The van der Waals surface area contributed by atoms with Gasteiger partial charge in [0.05, 0.1) is 12.7 Å². The highest BCUT2D eigenvalue weighted by Crippen LogP contribution is 2.38. The van der Waals surface area contributed by atoms with Crippen LogP contribution in [0.5, 0.6) is 0 Å². The Labute approximate surface area is 133 Å². The molecule has 0 bridgehead atoms. The lowest BCUT2D eigenvalue weighted by atomic mass is 9.93. The number of hydrogen-bond donors (Lipinski definition) is 0. The predicted octanol–water partition coefficient (Wildman–Crippen LogP) is 5.25. The van der Waals surface area contributed by atoms with Crippen molar-refractivity contribution in [1.29, 1.82) is 0 Å². The smallest absolute Gasteiger partial charge is 0.192 e. The number of benzene rings is 2. The summed E-state index contributed by atoms with van der Waals surface area (Å²) < 4.78 is 12.6. The third-order valence-electron chi connectivity index (χ3n) is 4.85. The van der Waals surface area contributed by atoms with Crippen molar-refractivity contribution in [2.75, 3.05) is 6.61 Å². The van der Waals surface area contributed by atoms with Crippen LogP contribution in [0.2, 0.25) is 0 Å². The van der Waals surface area contributed by atoms with Gasteiger partial charge in [0.15, 0.2) is 5.79 Å². The lowest BCUT2D eigenvalue weighted by molar-refractivity contribution is -0.312. The van der Waals surface area contributed by atoms with E-state index < -0.39 is 5.79 Å². The molecule has 0 spiro atoms. The Hall–Kier alpha value is -1.38. The molecule has 0 aromatic heterocycles. The van der Waals surface area contributed by atoms with E-state index in [1.807, 2.05) is 0 Å². The summed E-state index contributed by atoms with van der Waals surface area (Å²) in [5, 5.41) is 2.49. The van der Waals surface area contributed by atoms with E-state index in [2.05, 4.69) is 63.2 Å². The molecular weight excluding hydrogens is 272 g/mol. The summed E-state index contributed by atoms with van der Waals surface area (Å²) in [5.74, 6) is -0.122. The van der Waals surface area contributed by atoms with Crippen LogP contribution in [0.3, 0.4) is 0 Å². The zero-order valence-electron chi connectivity index (χ0n) is 13.8. The predicted molar refractivity (Wildman–Crippen MR) is 90.8 cm³/mol. The molecule has 0 N–H and O–H groups in total. The van der Waals surface area contributed by atoms with E-state index in [-0.39, 0.29) is 0 Å². The third kappa shape index (κ3) is 2.90. The van der Waals surface area contributed by atoms with E-state index in [0.717, 1.165) is 31.4 Å². The topological polar surface area (TPSA) is 18.5 Å². The van der Waals surface area contributed by atoms with Crippen molar-refractivity contribution >= 4 is 10.8 Å². The van der Waals surface area contributed by atoms with Gasteiger partial charge in [-0.25, -0.2) is 0 Å². The average molecular weight is 298 g/mol. The van der Waals surface area contributed by atoms with E-state index in [1.165, 1.54) is 10.8 Å². The molecular formula is C20H26O2. The maximum Gasteiger partial charge on any atom is 0.192 e. The zero-order chi connectivity index (χ0) is 15.6. The van der Waals surface area contributed by atoms with Crippen molar-refractivity contribution in [3.05, 3.63) is 48.0 Å². The molecule has 0 amide bonds. The molecule has 1 aliphatic rings. The third-order valence-corrected chi connectivity index (χ3v) is 4.85. The fourth-order valence-corrected chi connectivity index (χ4v) is 3.38.